The van der Waals surface area contributed by atoms with Crippen LogP contribution in [0.3, 0.4) is 0 Å². The SMILES string of the molecule is CCC(CCc1ccc(OC)c(OC)c1)C(NC)(C(=O)O)c1ccc(OC)c(OC)c1. The first-order valence-corrected chi connectivity index (χ1v) is 10.3. The van der Waals surface area contributed by atoms with E-state index in [0.29, 0.717) is 47.8 Å². The number of carboxylic acids is 1. The number of hydrogen-bond acceptors (Lipinski definition) is 6. The predicted molar refractivity (Wildman–Crippen MR) is 120 cm³/mol. The van der Waals surface area contributed by atoms with Crippen molar-refractivity contribution in [2.24, 2.45) is 5.92 Å². The number of likely N-dealkylation sites (N-methyl/N-ethyl adjacent to an activating group) is 1. The molecule has 2 aromatic carbocycles. The monoisotopic (exact) mass is 431 g/mol. The third-order valence-electron chi connectivity index (χ3n) is 5.91. The van der Waals surface area contributed by atoms with Crippen LogP contribution in [0.5, 0.6) is 23.0 Å². The first-order valence-electron chi connectivity index (χ1n) is 10.3. The maximum absolute atomic E-state index is 12.6. The molecule has 0 amide bonds. The van der Waals surface area contributed by atoms with E-state index in [1.54, 1.807) is 46.6 Å². The summed E-state index contributed by atoms with van der Waals surface area (Å²) >= 11 is 0. The summed E-state index contributed by atoms with van der Waals surface area (Å²) < 4.78 is 21.4. The first-order chi connectivity index (χ1) is 14.9. The number of ether oxygens (including phenoxy) is 4. The second-order valence-electron chi connectivity index (χ2n) is 7.27. The van der Waals surface area contributed by atoms with Gasteiger partial charge in [-0.05, 0) is 61.2 Å². The van der Waals surface area contributed by atoms with Crippen LogP contribution in [-0.4, -0.2) is 46.6 Å². The minimum atomic E-state index is -1.27. The van der Waals surface area contributed by atoms with Crippen molar-refractivity contribution < 1.29 is 28.8 Å². The van der Waals surface area contributed by atoms with Gasteiger partial charge in [0.1, 0.15) is 5.54 Å². The lowest BCUT2D eigenvalue weighted by Gasteiger charge is -2.37. The zero-order valence-corrected chi connectivity index (χ0v) is 19.2. The minimum absolute atomic E-state index is 0.179. The average Bonchev–Trinajstić information content (AvgIpc) is 2.80. The molecule has 2 N–H and O–H groups in total. The molecule has 0 radical (unpaired) electrons. The molecule has 0 heterocycles. The first kappa shape index (κ1) is 24.3. The highest BCUT2D eigenvalue weighted by Crippen LogP contribution is 2.39. The van der Waals surface area contributed by atoms with Crippen molar-refractivity contribution >= 4 is 5.97 Å². The normalized spacial score (nSPS) is 13.7. The third-order valence-corrected chi connectivity index (χ3v) is 5.91. The van der Waals surface area contributed by atoms with Gasteiger partial charge in [-0.2, -0.15) is 0 Å². The molecule has 170 valence electrons. The lowest BCUT2D eigenvalue weighted by molar-refractivity contribution is -0.148. The average molecular weight is 432 g/mol. The number of benzene rings is 2. The van der Waals surface area contributed by atoms with Crippen molar-refractivity contribution in [2.45, 2.75) is 31.7 Å². The van der Waals surface area contributed by atoms with E-state index >= 15 is 0 Å². The highest BCUT2D eigenvalue weighted by atomic mass is 16.5. The maximum atomic E-state index is 12.6. The van der Waals surface area contributed by atoms with Crippen LogP contribution in [0.2, 0.25) is 0 Å². The predicted octanol–water partition coefficient (Wildman–Crippen LogP) is 3.88. The van der Waals surface area contributed by atoms with Gasteiger partial charge < -0.3 is 29.4 Å². The quantitative estimate of drug-likeness (QED) is 0.527. The van der Waals surface area contributed by atoms with Gasteiger partial charge in [-0.25, -0.2) is 4.79 Å². The van der Waals surface area contributed by atoms with Crippen LogP contribution in [0.25, 0.3) is 0 Å². The van der Waals surface area contributed by atoms with Gasteiger partial charge in [0.2, 0.25) is 0 Å². The lowest BCUT2D eigenvalue weighted by atomic mass is 9.74. The summed E-state index contributed by atoms with van der Waals surface area (Å²) in [6, 6.07) is 11.0. The molecule has 0 saturated carbocycles. The summed E-state index contributed by atoms with van der Waals surface area (Å²) in [6.45, 7) is 2.01. The van der Waals surface area contributed by atoms with Crippen molar-refractivity contribution in [2.75, 3.05) is 35.5 Å². The molecule has 31 heavy (non-hydrogen) atoms. The minimum Gasteiger partial charge on any atom is -0.493 e. The second kappa shape index (κ2) is 10.9. The fraction of sp³-hybridized carbons (Fsp3) is 0.458. The Balaban J connectivity index is 2.41. The van der Waals surface area contributed by atoms with Gasteiger partial charge in [-0.3, -0.25) is 0 Å². The zero-order valence-electron chi connectivity index (χ0n) is 19.2. The van der Waals surface area contributed by atoms with E-state index in [9.17, 15) is 9.90 Å². The van der Waals surface area contributed by atoms with Crippen LogP contribution >= 0.6 is 0 Å². The molecule has 2 rings (SSSR count). The van der Waals surface area contributed by atoms with Gasteiger partial charge in [0.25, 0.3) is 0 Å². The smallest absolute Gasteiger partial charge is 0.328 e. The number of hydrogen-bond donors (Lipinski definition) is 2. The van der Waals surface area contributed by atoms with Crippen molar-refractivity contribution in [3.05, 3.63) is 47.5 Å². The lowest BCUT2D eigenvalue weighted by Crippen LogP contribution is -2.53. The van der Waals surface area contributed by atoms with Gasteiger partial charge in [-0.1, -0.05) is 25.5 Å². The summed E-state index contributed by atoms with van der Waals surface area (Å²) in [6.07, 6.45) is 2.03. The molecule has 7 nitrogen and oxygen atoms in total. The molecule has 0 saturated heterocycles. The topological polar surface area (TPSA) is 86.3 Å². The van der Waals surface area contributed by atoms with Crippen molar-refractivity contribution in [3.63, 3.8) is 0 Å². The van der Waals surface area contributed by atoms with E-state index < -0.39 is 11.5 Å². The van der Waals surface area contributed by atoms with E-state index in [2.05, 4.69) is 5.32 Å². The Hall–Kier alpha value is -2.93. The van der Waals surface area contributed by atoms with Crippen LogP contribution in [0.1, 0.15) is 30.9 Å². The molecule has 0 aliphatic heterocycles. The van der Waals surface area contributed by atoms with E-state index in [1.807, 2.05) is 25.1 Å². The number of nitrogens with one attached hydrogen (secondary N) is 1. The largest absolute Gasteiger partial charge is 0.493 e. The summed E-state index contributed by atoms with van der Waals surface area (Å²) in [7, 11) is 7.98. The Morgan fingerprint density at radius 1 is 0.935 bits per heavy atom. The van der Waals surface area contributed by atoms with Gasteiger partial charge >= 0.3 is 5.97 Å². The Kier molecular flexibility index (Phi) is 8.56. The van der Waals surface area contributed by atoms with Crippen LogP contribution in [0.15, 0.2) is 36.4 Å². The number of aryl methyl sites for hydroxylation is 1. The van der Waals surface area contributed by atoms with Gasteiger partial charge in [0.15, 0.2) is 23.0 Å². The van der Waals surface area contributed by atoms with Gasteiger partial charge in [0.05, 0.1) is 28.4 Å². The van der Waals surface area contributed by atoms with E-state index in [-0.39, 0.29) is 5.92 Å². The Bertz CT molecular complexity index is 884. The number of aliphatic carboxylic acids is 1. The van der Waals surface area contributed by atoms with Crippen LogP contribution in [0, 0.1) is 5.92 Å². The molecule has 0 bridgehead atoms. The molecular weight excluding hydrogens is 398 g/mol. The number of carboxylic acid groups (broad SMARTS) is 1. The third kappa shape index (κ3) is 4.88. The number of rotatable bonds is 12. The van der Waals surface area contributed by atoms with Crippen LogP contribution < -0.4 is 24.3 Å². The zero-order chi connectivity index (χ0) is 23.0. The molecular formula is C24H33NO6. The van der Waals surface area contributed by atoms with E-state index in [1.165, 1.54) is 7.11 Å². The van der Waals surface area contributed by atoms with E-state index in [4.69, 9.17) is 18.9 Å². The van der Waals surface area contributed by atoms with Gasteiger partial charge in [0, 0.05) is 0 Å². The highest BCUT2D eigenvalue weighted by Gasteiger charge is 2.45. The highest BCUT2D eigenvalue weighted by molar-refractivity contribution is 5.81. The second-order valence-corrected chi connectivity index (χ2v) is 7.27. The fourth-order valence-corrected chi connectivity index (χ4v) is 4.17. The molecule has 2 aromatic rings. The molecule has 2 unspecified atom stereocenters. The van der Waals surface area contributed by atoms with Crippen molar-refractivity contribution in [1.82, 2.24) is 5.32 Å². The number of carbonyl (C=O) groups is 1. The molecule has 0 fully saturated rings. The number of methoxy groups -OCH3 is 4. The van der Waals surface area contributed by atoms with Crippen LogP contribution in [-0.2, 0) is 16.8 Å². The molecule has 2 atom stereocenters. The standard InChI is InChI=1S/C24H33NO6/c1-7-17(10-8-16-9-12-19(28-3)21(14-16)30-5)24(25-2,23(26)27)18-11-13-20(29-4)22(15-18)31-6/h9,11-15,17,25H,7-8,10H2,1-6H3,(H,26,27). The molecule has 0 aliphatic rings. The Morgan fingerprint density at radius 2 is 1.48 bits per heavy atom. The van der Waals surface area contributed by atoms with E-state index in [0.717, 1.165) is 5.56 Å². The molecule has 0 aromatic heterocycles. The molecule has 7 heteroatoms. The van der Waals surface area contributed by atoms with Crippen LogP contribution in [0.4, 0.5) is 0 Å². The Labute approximate surface area is 184 Å². The fourth-order valence-electron chi connectivity index (χ4n) is 4.17. The van der Waals surface area contributed by atoms with Crippen molar-refractivity contribution in [3.8, 4) is 23.0 Å². The van der Waals surface area contributed by atoms with Gasteiger partial charge in [-0.15, -0.1) is 0 Å². The summed E-state index contributed by atoms with van der Waals surface area (Å²) in [4.78, 5) is 12.6. The van der Waals surface area contributed by atoms with Crippen molar-refractivity contribution in [1.29, 1.82) is 0 Å². The summed E-state index contributed by atoms with van der Waals surface area (Å²) in [5.74, 6) is 1.27. The molecule has 0 aliphatic carbocycles. The summed E-state index contributed by atoms with van der Waals surface area (Å²) in [5, 5.41) is 13.5. The Morgan fingerprint density at radius 3 is 1.97 bits per heavy atom. The summed E-state index contributed by atoms with van der Waals surface area (Å²) in [5.41, 5.74) is 0.406. The maximum Gasteiger partial charge on any atom is 0.328 e. The molecule has 0 spiro atoms.